The van der Waals surface area contributed by atoms with Gasteiger partial charge >= 0.3 is 0 Å². The molecular formula is C21H28N2O4. The van der Waals surface area contributed by atoms with E-state index in [2.05, 4.69) is 24.1 Å². The standard InChI is InChI=1S/C21H28N2O4/c1-5-23(6-2)13-14-27-17-9-7-16(8-10-17)22-21(24)19-12-11-18(25-3)15-20(19)26-4/h7-12,15H,5-6,13-14H2,1-4H3,(H,22,24). The van der Waals surface area contributed by atoms with E-state index in [1.165, 1.54) is 7.11 Å². The van der Waals surface area contributed by atoms with Gasteiger partial charge in [-0.05, 0) is 49.5 Å². The first kappa shape index (κ1) is 20.6. The lowest BCUT2D eigenvalue weighted by Crippen LogP contribution is -2.27. The monoisotopic (exact) mass is 372 g/mol. The van der Waals surface area contributed by atoms with Crippen molar-refractivity contribution in [2.45, 2.75) is 13.8 Å². The van der Waals surface area contributed by atoms with Gasteiger partial charge in [-0.3, -0.25) is 4.79 Å². The van der Waals surface area contributed by atoms with E-state index in [0.717, 1.165) is 25.4 Å². The van der Waals surface area contributed by atoms with Gasteiger partial charge in [0.05, 0.1) is 19.8 Å². The molecule has 0 saturated heterocycles. The summed E-state index contributed by atoms with van der Waals surface area (Å²) >= 11 is 0. The Labute approximate surface area is 161 Å². The van der Waals surface area contributed by atoms with Crippen molar-refractivity contribution in [1.82, 2.24) is 4.90 Å². The Hall–Kier alpha value is -2.73. The highest BCUT2D eigenvalue weighted by molar-refractivity contribution is 6.06. The van der Waals surface area contributed by atoms with Crippen molar-refractivity contribution < 1.29 is 19.0 Å². The zero-order valence-electron chi connectivity index (χ0n) is 16.5. The predicted molar refractivity (Wildman–Crippen MR) is 107 cm³/mol. The van der Waals surface area contributed by atoms with Gasteiger partial charge in [-0.15, -0.1) is 0 Å². The molecule has 0 radical (unpaired) electrons. The summed E-state index contributed by atoms with van der Waals surface area (Å²) in [5.74, 6) is 1.63. The minimum Gasteiger partial charge on any atom is -0.497 e. The van der Waals surface area contributed by atoms with Gasteiger partial charge in [0.1, 0.15) is 23.9 Å². The van der Waals surface area contributed by atoms with Gasteiger partial charge < -0.3 is 24.4 Å². The van der Waals surface area contributed by atoms with Crippen LogP contribution in [0, 0.1) is 0 Å². The zero-order chi connectivity index (χ0) is 19.6. The molecule has 2 aromatic rings. The van der Waals surface area contributed by atoms with Crippen molar-refractivity contribution in [2.24, 2.45) is 0 Å². The van der Waals surface area contributed by atoms with E-state index >= 15 is 0 Å². The number of hydrogen-bond acceptors (Lipinski definition) is 5. The number of rotatable bonds is 10. The molecule has 27 heavy (non-hydrogen) atoms. The van der Waals surface area contributed by atoms with Crippen LogP contribution in [0.1, 0.15) is 24.2 Å². The molecule has 0 bridgehead atoms. The highest BCUT2D eigenvalue weighted by Crippen LogP contribution is 2.25. The molecule has 0 spiro atoms. The highest BCUT2D eigenvalue weighted by atomic mass is 16.5. The molecule has 146 valence electrons. The van der Waals surface area contributed by atoms with Crippen LogP contribution in [0.5, 0.6) is 17.2 Å². The van der Waals surface area contributed by atoms with Crippen LogP contribution in [0.2, 0.25) is 0 Å². The second-order valence-corrected chi connectivity index (χ2v) is 5.92. The van der Waals surface area contributed by atoms with Crippen molar-refractivity contribution in [3.8, 4) is 17.2 Å². The summed E-state index contributed by atoms with van der Waals surface area (Å²) in [6.07, 6.45) is 0. The number of nitrogens with one attached hydrogen (secondary N) is 1. The molecular weight excluding hydrogens is 344 g/mol. The number of amides is 1. The van der Waals surface area contributed by atoms with Gasteiger partial charge in [-0.25, -0.2) is 0 Å². The van der Waals surface area contributed by atoms with Crippen LogP contribution in [0.15, 0.2) is 42.5 Å². The lowest BCUT2D eigenvalue weighted by atomic mass is 10.1. The van der Waals surface area contributed by atoms with Crippen LogP contribution < -0.4 is 19.5 Å². The van der Waals surface area contributed by atoms with Crippen molar-refractivity contribution in [2.75, 3.05) is 45.8 Å². The highest BCUT2D eigenvalue weighted by Gasteiger charge is 2.13. The minimum atomic E-state index is -0.246. The number of benzene rings is 2. The Morgan fingerprint density at radius 2 is 1.63 bits per heavy atom. The summed E-state index contributed by atoms with van der Waals surface area (Å²) in [7, 11) is 3.09. The van der Waals surface area contributed by atoms with Crippen LogP contribution in [0.25, 0.3) is 0 Å². The molecule has 1 amide bonds. The Kier molecular flexibility index (Phi) is 7.95. The fraction of sp³-hybridized carbons (Fsp3) is 0.381. The molecule has 0 fully saturated rings. The zero-order valence-corrected chi connectivity index (χ0v) is 16.5. The minimum absolute atomic E-state index is 0.246. The normalized spacial score (nSPS) is 10.6. The molecule has 6 nitrogen and oxygen atoms in total. The quantitative estimate of drug-likeness (QED) is 0.689. The third-order valence-corrected chi connectivity index (χ3v) is 4.34. The summed E-state index contributed by atoms with van der Waals surface area (Å²) < 4.78 is 16.2. The molecule has 0 heterocycles. The molecule has 0 atom stereocenters. The molecule has 0 aliphatic carbocycles. The number of nitrogens with zero attached hydrogens (tertiary/aromatic N) is 1. The number of ether oxygens (including phenoxy) is 3. The maximum atomic E-state index is 12.5. The molecule has 1 N–H and O–H groups in total. The Bertz CT molecular complexity index is 727. The Morgan fingerprint density at radius 1 is 0.963 bits per heavy atom. The first-order chi connectivity index (χ1) is 13.1. The maximum absolute atomic E-state index is 12.5. The van der Waals surface area contributed by atoms with Crippen molar-refractivity contribution in [1.29, 1.82) is 0 Å². The van der Waals surface area contributed by atoms with Gasteiger partial charge in [0, 0.05) is 18.3 Å². The topological polar surface area (TPSA) is 60.0 Å². The average molecular weight is 372 g/mol. The average Bonchev–Trinajstić information content (AvgIpc) is 2.71. The molecule has 2 rings (SSSR count). The Morgan fingerprint density at radius 3 is 2.22 bits per heavy atom. The maximum Gasteiger partial charge on any atom is 0.259 e. The third-order valence-electron chi connectivity index (χ3n) is 4.34. The van der Waals surface area contributed by atoms with Gasteiger partial charge in [-0.2, -0.15) is 0 Å². The summed E-state index contributed by atoms with van der Waals surface area (Å²) in [5, 5.41) is 2.87. The molecule has 6 heteroatoms. The van der Waals surface area contributed by atoms with Crippen molar-refractivity contribution in [3.63, 3.8) is 0 Å². The van der Waals surface area contributed by atoms with Crippen molar-refractivity contribution >= 4 is 11.6 Å². The van der Waals surface area contributed by atoms with E-state index in [0.29, 0.717) is 29.4 Å². The van der Waals surface area contributed by atoms with Gasteiger partial charge in [0.25, 0.3) is 5.91 Å². The predicted octanol–water partition coefficient (Wildman–Crippen LogP) is 3.68. The van der Waals surface area contributed by atoms with Gasteiger partial charge in [-0.1, -0.05) is 13.8 Å². The van der Waals surface area contributed by atoms with Gasteiger partial charge in [0.2, 0.25) is 0 Å². The van der Waals surface area contributed by atoms with E-state index in [1.807, 2.05) is 24.3 Å². The molecule has 0 saturated carbocycles. The second kappa shape index (κ2) is 10.4. The summed E-state index contributed by atoms with van der Waals surface area (Å²) in [6, 6.07) is 12.4. The number of hydrogen-bond donors (Lipinski definition) is 1. The lowest BCUT2D eigenvalue weighted by molar-refractivity contribution is 0.102. The van der Waals surface area contributed by atoms with E-state index in [-0.39, 0.29) is 5.91 Å². The van der Waals surface area contributed by atoms with Crippen molar-refractivity contribution in [3.05, 3.63) is 48.0 Å². The number of carbonyl (C=O) groups excluding carboxylic acids is 1. The molecule has 0 unspecified atom stereocenters. The fourth-order valence-corrected chi connectivity index (χ4v) is 2.65. The summed E-state index contributed by atoms with van der Waals surface area (Å²) in [6.45, 7) is 7.83. The molecule has 0 aliphatic heterocycles. The molecule has 0 aromatic heterocycles. The SMILES string of the molecule is CCN(CC)CCOc1ccc(NC(=O)c2ccc(OC)cc2OC)cc1. The van der Waals surface area contributed by atoms with Crippen LogP contribution in [0.3, 0.4) is 0 Å². The van der Waals surface area contributed by atoms with Crippen LogP contribution in [-0.4, -0.2) is 51.3 Å². The molecule has 0 aliphatic rings. The fourth-order valence-electron chi connectivity index (χ4n) is 2.65. The third kappa shape index (κ3) is 5.89. The lowest BCUT2D eigenvalue weighted by Gasteiger charge is -2.18. The number of methoxy groups -OCH3 is 2. The van der Waals surface area contributed by atoms with E-state index < -0.39 is 0 Å². The number of likely N-dealkylation sites (N-methyl/N-ethyl adjacent to an activating group) is 1. The largest absolute Gasteiger partial charge is 0.497 e. The Balaban J connectivity index is 1.95. The van der Waals surface area contributed by atoms with E-state index in [1.54, 1.807) is 25.3 Å². The first-order valence-electron chi connectivity index (χ1n) is 9.09. The van der Waals surface area contributed by atoms with E-state index in [9.17, 15) is 4.79 Å². The van der Waals surface area contributed by atoms with Gasteiger partial charge in [0.15, 0.2) is 0 Å². The van der Waals surface area contributed by atoms with Crippen LogP contribution >= 0.6 is 0 Å². The van der Waals surface area contributed by atoms with E-state index in [4.69, 9.17) is 14.2 Å². The second-order valence-electron chi connectivity index (χ2n) is 5.92. The summed E-state index contributed by atoms with van der Waals surface area (Å²) in [4.78, 5) is 14.8. The number of anilines is 1. The smallest absolute Gasteiger partial charge is 0.259 e. The summed E-state index contributed by atoms with van der Waals surface area (Å²) in [5.41, 5.74) is 1.13. The van der Waals surface area contributed by atoms with Crippen LogP contribution in [0.4, 0.5) is 5.69 Å². The molecule has 2 aromatic carbocycles. The van der Waals surface area contributed by atoms with Crippen LogP contribution in [-0.2, 0) is 0 Å². The first-order valence-corrected chi connectivity index (χ1v) is 9.09. The number of carbonyl (C=O) groups is 1.